The van der Waals surface area contributed by atoms with E-state index in [1.165, 1.54) is 25.7 Å². The van der Waals surface area contributed by atoms with Crippen molar-refractivity contribution in [2.75, 3.05) is 38.2 Å². The molecule has 4 aromatic rings. The molecule has 40 heavy (non-hydrogen) atoms. The van der Waals surface area contributed by atoms with Crippen molar-refractivity contribution < 1.29 is 14.2 Å². The summed E-state index contributed by atoms with van der Waals surface area (Å²) in [7, 11) is 1.58. The standard InChI is InChI=1S/C24H23N5O2.C7H12FN/c1-31-24-27-22-19(23(28-24)29-12-15-6-7-16(13-29)25-15)8-9-21(26-22)20-11-17(30)10-14-4-2-3-5-18(14)20;8-6-4-7-2-1-3-9(7)5-6/h2-5,8-11,15-16,25,30H,6-7,12-13H2,1H3;6-7H,1-5H2. The lowest BCUT2D eigenvalue weighted by atomic mass is 10.0. The number of nitrogens with one attached hydrogen (secondary N) is 1. The number of rotatable bonds is 3. The zero-order chi connectivity index (χ0) is 27.2. The van der Waals surface area contributed by atoms with Crippen LogP contribution in [0.4, 0.5) is 10.2 Å². The third-order valence-electron chi connectivity index (χ3n) is 8.80. The molecular weight excluding hydrogens is 507 g/mol. The van der Waals surface area contributed by atoms with Crippen LogP contribution in [0.1, 0.15) is 32.1 Å². The SMILES string of the molecule is COc1nc(N2CC3CCC(C2)N3)c2ccc(-c3cc(O)cc4ccccc34)nc2n1.FC1CC2CCCN2C1. The van der Waals surface area contributed by atoms with Crippen molar-refractivity contribution in [1.29, 1.82) is 0 Å². The number of pyridine rings is 1. The summed E-state index contributed by atoms with van der Waals surface area (Å²) in [5, 5.41) is 16.8. The van der Waals surface area contributed by atoms with Gasteiger partial charge in [0.15, 0.2) is 5.65 Å². The molecule has 4 unspecified atom stereocenters. The van der Waals surface area contributed by atoms with E-state index in [0.29, 0.717) is 36.3 Å². The summed E-state index contributed by atoms with van der Waals surface area (Å²) in [6.45, 7) is 3.70. The molecule has 0 spiro atoms. The lowest BCUT2D eigenvalue weighted by Gasteiger charge is -2.34. The van der Waals surface area contributed by atoms with Crippen molar-refractivity contribution >= 4 is 27.6 Å². The molecule has 2 bridgehead atoms. The molecule has 208 valence electrons. The van der Waals surface area contributed by atoms with E-state index in [1.807, 2.05) is 36.4 Å². The van der Waals surface area contributed by atoms with Crippen molar-refractivity contribution in [3.63, 3.8) is 0 Å². The Balaban J connectivity index is 0.000000249. The number of alkyl halides is 1. The average molecular weight is 543 g/mol. The fraction of sp³-hybridized carbons (Fsp3) is 0.452. The summed E-state index contributed by atoms with van der Waals surface area (Å²) in [6.07, 6.45) is 5.22. The van der Waals surface area contributed by atoms with Gasteiger partial charge in [0.05, 0.1) is 18.2 Å². The normalized spacial score (nSPS) is 25.7. The first kappa shape index (κ1) is 25.4. The number of phenolic OH excluding ortho intramolecular Hbond substituents is 1. The number of fused-ring (bicyclic) bond motifs is 5. The number of aromatic hydroxyl groups is 1. The number of nitrogens with zero attached hydrogens (tertiary/aromatic N) is 5. The monoisotopic (exact) mass is 542 g/mol. The van der Waals surface area contributed by atoms with E-state index in [2.05, 4.69) is 20.1 Å². The number of benzene rings is 2. The van der Waals surface area contributed by atoms with Gasteiger partial charge in [0.1, 0.15) is 17.7 Å². The molecule has 4 aliphatic rings. The van der Waals surface area contributed by atoms with Gasteiger partial charge in [-0.2, -0.15) is 9.97 Å². The molecule has 0 amide bonds. The van der Waals surface area contributed by atoms with Crippen LogP contribution < -0.4 is 15.0 Å². The highest BCUT2D eigenvalue weighted by Crippen LogP contribution is 2.35. The Bertz CT molecular complexity index is 1530. The average Bonchev–Trinajstić information content (AvgIpc) is 3.65. The molecule has 4 atom stereocenters. The van der Waals surface area contributed by atoms with Crippen molar-refractivity contribution in [3.05, 3.63) is 48.5 Å². The quantitative estimate of drug-likeness (QED) is 0.386. The molecule has 4 fully saturated rings. The van der Waals surface area contributed by atoms with Gasteiger partial charge in [-0.3, -0.25) is 4.90 Å². The highest BCUT2D eigenvalue weighted by atomic mass is 19.1. The predicted molar refractivity (Wildman–Crippen MR) is 155 cm³/mol. The van der Waals surface area contributed by atoms with Crippen LogP contribution in [0.25, 0.3) is 33.1 Å². The van der Waals surface area contributed by atoms with Gasteiger partial charge in [-0.25, -0.2) is 9.37 Å². The Morgan fingerprint density at radius 3 is 2.58 bits per heavy atom. The van der Waals surface area contributed by atoms with Gasteiger partial charge in [-0.15, -0.1) is 0 Å². The van der Waals surface area contributed by atoms with Gasteiger partial charge in [0.25, 0.3) is 0 Å². The minimum absolute atomic E-state index is 0.216. The summed E-state index contributed by atoms with van der Waals surface area (Å²) in [4.78, 5) is 18.7. The number of aromatic nitrogens is 3. The third-order valence-corrected chi connectivity index (χ3v) is 8.80. The number of hydrogen-bond donors (Lipinski definition) is 2. The summed E-state index contributed by atoms with van der Waals surface area (Å²) in [5.74, 6) is 1.09. The van der Waals surface area contributed by atoms with Gasteiger partial charge in [0, 0.05) is 43.3 Å². The fourth-order valence-corrected chi connectivity index (χ4v) is 6.96. The molecule has 2 N–H and O–H groups in total. The third kappa shape index (κ3) is 4.81. The van der Waals surface area contributed by atoms with Gasteiger partial charge >= 0.3 is 6.01 Å². The number of ether oxygens (including phenoxy) is 1. The molecule has 8 nitrogen and oxygen atoms in total. The highest BCUT2D eigenvalue weighted by molar-refractivity contribution is 5.98. The maximum absolute atomic E-state index is 12.6. The second kappa shape index (κ2) is 10.4. The molecule has 4 aliphatic heterocycles. The van der Waals surface area contributed by atoms with Crippen LogP contribution in [0, 0.1) is 0 Å². The van der Waals surface area contributed by atoms with Gasteiger partial charge in [-0.1, -0.05) is 24.3 Å². The lowest BCUT2D eigenvalue weighted by molar-refractivity contribution is 0.292. The Hall–Kier alpha value is -3.56. The van der Waals surface area contributed by atoms with Crippen molar-refractivity contribution in [2.24, 2.45) is 0 Å². The first-order chi connectivity index (χ1) is 19.5. The molecule has 0 radical (unpaired) electrons. The summed E-state index contributed by atoms with van der Waals surface area (Å²) >= 11 is 0. The van der Waals surface area contributed by atoms with Crippen LogP contribution in [0.2, 0.25) is 0 Å². The molecule has 8 rings (SSSR count). The Morgan fingerprint density at radius 2 is 1.77 bits per heavy atom. The van der Waals surface area contributed by atoms with Crippen LogP contribution >= 0.6 is 0 Å². The topological polar surface area (TPSA) is 86.6 Å². The fourth-order valence-electron chi connectivity index (χ4n) is 6.96. The number of methoxy groups -OCH3 is 1. The predicted octanol–water partition coefficient (Wildman–Crippen LogP) is 4.69. The second-order valence-corrected chi connectivity index (χ2v) is 11.5. The first-order valence-electron chi connectivity index (χ1n) is 14.4. The van der Waals surface area contributed by atoms with E-state index in [-0.39, 0.29) is 5.75 Å². The highest BCUT2D eigenvalue weighted by Gasteiger charge is 2.35. The molecule has 4 saturated heterocycles. The molecule has 0 aliphatic carbocycles. The van der Waals surface area contributed by atoms with E-state index in [1.54, 1.807) is 19.2 Å². The maximum atomic E-state index is 12.6. The zero-order valence-electron chi connectivity index (χ0n) is 22.8. The maximum Gasteiger partial charge on any atom is 0.320 e. The van der Waals surface area contributed by atoms with E-state index in [9.17, 15) is 9.50 Å². The summed E-state index contributed by atoms with van der Waals surface area (Å²) < 4.78 is 18.0. The summed E-state index contributed by atoms with van der Waals surface area (Å²) in [6, 6.07) is 17.5. The largest absolute Gasteiger partial charge is 0.508 e. The number of hydrogen-bond acceptors (Lipinski definition) is 8. The second-order valence-electron chi connectivity index (χ2n) is 11.5. The molecule has 2 aromatic heterocycles. The number of halogens is 1. The molecule has 6 heterocycles. The smallest absolute Gasteiger partial charge is 0.320 e. The zero-order valence-corrected chi connectivity index (χ0v) is 22.8. The lowest BCUT2D eigenvalue weighted by Crippen LogP contribution is -2.51. The van der Waals surface area contributed by atoms with Crippen LogP contribution in [-0.2, 0) is 0 Å². The van der Waals surface area contributed by atoms with E-state index in [4.69, 9.17) is 14.7 Å². The minimum Gasteiger partial charge on any atom is -0.508 e. The van der Waals surface area contributed by atoms with Crippen LogP contribution in [0.15, 0.2) is 48.5 Å². The molecule has 2 aromatic carbocycles. The molecule has 0 saturated carbocycles. The van der Waals surface area contributed by atoms with Crippen molar-refractivity contribution in [2.45, 2.75) is 56.4 Å². The number of phenols is 1. The van der Waals surface area contributed by atoms with Crippen molar-refractivity contribution in [1.82, 2.24) is 25.2 Å². The van der Waals surface area contributed by atoms with Crippen LogP contribution in [0.3, 0.4) is 0 Å². The van der Waals surface area contributed by atoms with Crippen LogP contribution in [-0.4, -0.2) is 82.5 Å². The Labute approximate surface area is 233 Å². The van der Waals surface area contributed by atoms with E-state index < -0.39 is 6.17 Å². The van der Waals surface area contributed by atoms with Gasteiger partial charge in [0.2, 0.25) is 0 Å². The first-order valence-corrected chi connectivity index (χ1v) is 14.4. The Kier molecular flexibility index (Phi) is 6.64. The summed E-state index contributed by atoms with van der Waals surface area (Å²) in [5.41, 5.74) is 2.22. The molecule has 9 heteroatoms. The van der Waals surface area contributed by atoms with Crippen molar-refractivity contribution in [3.8, 4) is 23.0 Å². The van der Waals surface area contributed by atoms with E-state index in [0.717, 1.165) is 59.3 Å². The van der Waals surface area contributed by atoms with E-state index >= 15 is 0 Å². The van der Waals surface area contributed by atoms with Crippen LogP contribution in [0.5, 0.6) is 11.8 Å². The number of anilines is 1. The Morgan fingerprint density at radius 1 is 0.950 bits per heavy atom. The molecular formula is C31H35FN6O2. The number of piperazine rings is 1. The van der Waals surface area contributed by atoms with Gasteiger partial charge in [-0.05, 0) is 73.7 Å². The minimum atomic E-state index is -0.518. The van der Waals surface area contributed by atoms with Gasteiger partial charge < -0.3 is 20.1 Å².